The molecule has 0 aliphatic heterocycles. The molecule has 0 atom stereocenters. The standard InChI is InChI=1S/C28H23N9/c29-19-3-7-21(8-4-19)32-15-27(34-31)17-1-11-25-23(13-17)24-14-18(2-12-26(24)33-25)28-16-37(36-35-28)22-9-5-20(30)6-10-22/h1-16,31-33H,29-30H2/b27-15-,34-31?. The van der Waals surface area contributed by atoms with Crippen molar-refractivity contribution >= 4 is 44.6 Å². The molecule has 6 rings (SSSR count). The third-order valence-corrected chi connectivity index (χ3v) is 6.25. The molecule has 9 heteroatoms. The summed E-state index contributed by atoms with van der Waals surface area (Å²) in [7, 11) is 0. The number of nitrogens with zero attached hydrogens (tertiary/aromatic N) is 4. The number of aromatic amines is 1. The van der Waals surface area contributed by atoms with Gasteiger partial charge < -0.3 is 21.8 Å². The number of nitrogen functional groups attached to an aromatic ring is 2. The van der Waals surface area contributed by atoms with Crippen LogP contribution >= 0.6 is 0 Å². The molecule has 0 saturated heterocycles. The number of hydrogen-bond donors (Lipinski definition) is 5. The molecular weight excluding hydrogens is 462 g/mol. The van der Waals surface area contributed by atoms with Crippen LogP contribution in [0.1, 0.15) is 5.56 Å². The molecule has 0 unspecified atom stereocenters. The number of aromatic nitrogens is 4. The van der Waals surface area contributed by atoms with E-state index < -0.39 is 0 Å². The van der Waals surface area contributed by atoms with Gasteiger partial charge in [0.25, 0.3) is 0 Å². The van der Waals surface area contributed by atoms with Gasteiger partial charge in [0.2, 0.25) is 0 Å². The Balaban J connectivity index is 1.35. The highest BCUT2D eigenvalue weighted by Gasteiger charge is 2.11. The first-order chi connectivity index (χ1) is 18.1. The van der Waals surface area contributed by atoms with Crippen LogP contribution in [0.3, 0.4) is 0 Å². The summed E-state index contributed by atoms with van der Waals surface area (Å²) in [6.45, 7) is 0. The Kier molecular flexibility index (Phi) is 5.35. The number of rotatable bonds is 6. The second kappa shape index (κ2) is 8.97. The van der Waals surface area contributed by atoms with E-state index in [-0.39, 0.29) is 0 Å². The maximum absolute atomic E-state index is 7.73. The van der Waals surface area contributed by atoms with Crippen molar-refractivity contribution in [1.29, 1.82) is 5.53 Å². The first kappa shape index (κ1) is 22.1. The Bertz CT molecular complexity index is 1780. The van der Waals surface area contributed by atoms with Gasteiger partial charge in [-0.25, -0.2) is 10.2 Å². The van der Waals surface area contributed by atoms with Crippen molar-refractivity contribution in [3.05, 3.63) is 103 Å². The summed E-state index contributed by atoms with van der Waals surface area (Å²) in [5.74, 6) is 0. The van der Waals surface area contributed by atoms with Crippen LogP contribution in [0.4, 0.5) is 17.1 Å². The van der Waals surface area contributed by atoms with Crippen LogP contribution in [0.25, 0.3) is 44.4 Å². The molecule has 7 N–H and O–H groups in total. The summed E-state index contributed by atoms with van der Waals surface area (Å²) in [5.41, 5.74) is 27.5. The molecule has 0 spiro atoms. The molecule has 0 saturated carbocycles. The Hall–Kier alpha value is -5.44. The predicted molar refractivity (Wildman–Crippen MR) is 148 cm³/mol. The third-order valence-electron chi connectivity index (χ3n) is 6.25. The Labute approximate surface area is 211 Å². The van der Waals surface area contributed by atoms with Gasteiger partial charge in [-0.15, -0.1) is 5.10 Å². The summed E-state index contributed by atoms with van der Waals surface area (Å²) in [6.07, 6.45) is 3.62. The van der Waals surface area contributed by atoms with Gasteiger partial charge in [0.05, 0.1) is 11.9 Å². The minimum Gasteiger partial charge on any atom is -0.399 e. The highest BCUT2D eigenvalue weighted by molar-refractivity contribution is 6.09. The minimum atomic E-state index is 0.510. The zero-order chi connectivity index (χ0) is 25.4. The molecule has 0 bridgehead atoms. The molecule has 2 heterocycles. The van der Waals surface area contributed by atoms with Crippen LogP contribution in [0.15, 0.2) is 102 Å². The van der Waals surface area contributed by atoms with Crippen molar-refractivity contribution in [2.75, 3.05) is 16.8 Å². The molecular formula is C28H23N9. The number of nitrogens with one attached hydrogen (secondary N) is 3. The van der Waals surface area contributed by atoms with Crippen LogP contribution in [0.5, 0.6) is 0 Å². The molecule has 0 aliphatic rings. The fraction of sp³-hybridized carbons (Fsp3) is 0. The van der Waals surface area contributed by atoms with Gasteiger partial charge in [-0.1, -0.05) is 17.3 Å². The van der Waals surface area contributed by atoms with E-state index in [0.29, 0.717) is 17.1 Å². The van der Waals surface area contributed by atoms with Gasteiger partial charge >= 0.3 is 0 Å². The first-order valence-corrected chi connectivity index (χ1v) is 11.6. The second-order valence-corrected chi connectivity index (χ2v) is 8.69. The van der Waals surface area contributed by atoms with Crippen LogP contribution in [0.2, 0.25) is 0 Å². The fourth-order valence-corrected chi connectivity index (χ4v) is 4.28. The molecule has 2 aromatic heterocycles. The molecule has 0 amide bonds. The fourth-order valence-electron chi connectivity index (χ4n) is 4.28. The van der Waals surface area contributed by atoms with E-state index in [0.717, 1.165) is 50.0 Å². The molecule has 6 aromatic rings. The molecule has 180 valence electrons. The van der Waals surface area contributed by atoms with Crippen molar-refractivity contribution in [2.45, 2.75) is 0 Å². The van der Waals surface area contributed by atoms with E-state index in [1.165, 1.54) is 0 Å². The van der Waals surface area contributed by atoms with E-state index in [2.05, 4.69) is 31.8 Å². The quantitative estimate of drug-likeness (QED) is 0.141. The molecule has 0 aliphatic carbocycles. The molecule has 0 fully saturated rings. The molecule has 37 heavy (non-hydrogen) atoms. The Morgan fingerprint density at radius 2 is 1.54 bits per heavy atom. The number of fused-ring (bicyclic) bond motifs is 3. The van der Waals surface area contributed by atoms with E-state index in [9.17, 15) is 0 Å². The summed E-state index contributed by atoms with van der Waals surface area (Å²) in [4.78, 5) is 3.46. The minimum absolute atomic E-state index is 0.510. The van der Waals surface area contributed by atoms with Crippen molar-refractivity contribution in [2.24, 2.45) is 5.11 Å². The van der Waals surface area contributed by atoms with Crippen molar-refractivity contribution in [3.8, 4) is 16.9 Å². The lowest BCUT2D eigenvalue weighted by molar-refractivity contribution is 0.804. The average Bonchev–Trinajstić information content (AvgIpc) is 3.55. The lowest BCUT2D eigenvalue weighted by Gasteiger charge is -2.05. The van der Waals surface area contributed by atoms with Gasteiger partial charge in [-0.3, -0.25) is 0 Å². The SMILES string of the molecule is N=N/C(=C\Nc1ccc(N)cc1)c1ccc2[nH]c3ccc(-c4cn(-c5ccc(N)cc5)nn4)cc3c2c1. The monoisotopic (exact) mass is 485 g/mol. The van der Waals surface area contributed by atoms with Crippen LogP contribution < -0.4 is 16.8 Å². The number of anilines is 3. The lowest BCUT2D eigenvalue weighted by atomic mass is 10.0. The summed E-state index contributed by atoms with van der Waals surface area (Å²) >= 11 is 0. The highest BCUT2D eigenvalue weighted by atomic mass is 15.4. The first-order valence-electron chi connectivity index (χ1n) is 11.6. The summed E-state index contributed by atoms with van der Waals surface area (Å²) < 4.78 is 1.73. The van der Waals surface area contributed by atoms with Gasteiger partial charge in [0, 0.05) is 56.2 Å². The summed E-state index contributed by atoms with van der Waals surface area (Å²) in [6, 6.07) is 27.0. The van der Waals surface area contributed by atoms with Crippen molar-refractivity contribution in [1.82, 2.24) is 20.0 Å². The topological polar surface area (TPSA) is 147 Å². The van der Waals surface area contributed by atoms with Crippen molar-refractivity contribution < 1.29 is 0 Å². The van der Waals surface area contributed by atoms with Crippen LogP contribution in [-0.4, -0.2) is 20.0 Å². The number of hydrogen-bond acceptors (Lipinski definition) is 7. The zero-order valence-corrected chi connectivity index (χ0v) is 19.7. The summed E-state index contributed by atoms with van der Waals surface area (Å²) in [5, 5.41) is 17.7. The number of H-pyrrole nitrogens is 1. The van der Waals surface area contributed by atoms with E-state index >= 15 is 0 Å². The highest BCUT2D eigenvalue weighted by Crippen LogP contribution is 2.32. The van der Waals surface area contributed by atoms with Gasteiger partial charge in [0.1, 0.15) is 11.4 Å². The third kappa shape index (κ3) is 4.25. The van der Waals surface area contributed by atoms with Crippen LogP contribution in [0, 0.1) is 5.53 Å². The average molecular weight is 486 g/mol. The van der Waals surface area contributed by atoms with Crippen LogP contribution in [-0.2, 0) is 0 Å². The largest absolute Gasteiger partial charge is 0.399 e. The smallest absolute Gasteiger partial charge is 0.113 e. The maximum Gasteiger partial charge on any atom is 0.113 e. The van der Waals surface area contributed by atoms with Crippen molar-refractivity contribution in [3.63, 3.8) is 0 Å². The molecule has 4 aromatic carbocycles. The Morgan fingerprint density at radius 1 is 0.865 bits per heavy atom. The van der Waals surface area contributed by atoms with Gasteiger partial charge in [-0.2, -0.15) is 5.11 Å². The van der Waals surface area contributed by atoms with Gasteiger partial charge in [-0.05, 0) is 72.8 Å². The maximum atomic E-state index is 7.73. The number of benzene rings is 4. The van der Waals surface area contributed by atoms with E-state index in [1.807, 2.05) is 85.1 Å². The normalized spacial score (nSPS) is 11.7. The van der Waals surface area contributed by atoms with E-state index in [1.54, 1.807) is 10.9 Å². The molecule has 9 nitrogen and oxygen atoms in total. The second-order valence-electron chi connectivity index (χ2n) is 8.69. The lowest BCUT2D eigenvalue weighted by Crippen LogP contribution is -1.95. The number of nitrogens with two attached hydrogens (primary N) is 2. The predicted octanol–water partition coefficient (Wildman–Crippen LogP) is 6.17. The van der Waals surface area contributed by atoms with Gasteiger partial charge in [0.15, 0.2) is 0 Å². The zero-order valence-electron chi connectivity index (χ0n) is 19.7. The van der Waals surface area contributed by atoms with E-state index in [4.69, 9.17) is 17.0 Å². The molecule has 0 radical (unpaired) electrons. The Morgan fingerprint density at radius 3 is 2.27 bits per heavy atom.